The zero-order chi connectivity index (χ0) is 23.3. The van der Waals surface area contributed by atoms with Gasteiger partial charge in [-0.05, 0) is 36.4 Å². The fourth-order valence-corrected chi connectivity index (χ4v) is 4.86. The number of phenols is 1. The SMILES string of the molecule is COc1cccc(CNc2ccc(NS(=O)(=O)c3ccccc3)cc2N2CCNCC2)c1O. The first-order valence-electron chi connectivity index (χ1n) is 10.7. The lowest BCUT2D eigenvalue weighted by molar-refractivity contribution is 0.371. The van der Waals surface area contributed by atoms with Crippen molar-refractivity contribution in [2.75, 3.05) is 48.2 Å². The third kappa shape index (κ3) is 5.32. The number of anilines is 3. The van der Waals surface area contributed by atoms with Gasteiger partial charge in [0.05, 0.1) is 29.1 Å². The molecule has 174 valence electrons. The number of nitrogens with zero attached hydrogens (tertiary/aromatic N) is 1. The second-order valence-electron chi connectivity index (χ2n) is 7.71. The van der Waals surface area contributed by atoms with Crippen molar-refractivity contribution in [1.82, 2.24) is 5.32 Å². The summed E-state index contributed by atoms with van der Waals surface area (Å²) >= 11 is 0. The predicted molar refractivity (Wildman–Crippen MR) is 131 cm³/mol. The Hall–Kier alpha value is -3.43. The maximum Gasteiger partial charge on any atom is 0.261 e. The molecule has 8 nitrogen and oxygen atoms in total. The molecule has 0 amide bonds. The molecule has 3 aromatic rings. The zero-order valence-corrected chi connectivity index (χ0v) is 19.2. The second-order valence-corrected chi connectivity index (χ2v) is 9.39. The highest BCUT2D eigenvalue weighted by molar-refractivity contribution is 7.92. The summed E-state index contributed by atoms with van der Waals surface area (Å²) in [6.45, 7) is 3.67. The largest absolute Gasteiger partial charge is 0.504 e. The summed E-state index contributed by atoms with van der Waals surface area (Å²) in [5.41, 5.74) is 2.94. The van der Waals surface area contributed by atoms with E-state index in [4.69, 9.17) is 4.74 Å². The Balaban J connectivity index is 1.60. The maximum absolute atomic E-state index is 12.8. The fourth-order valence-electron chi connectivity index (χ4n) is 3.79. The van der Waals surface area contributed by atoms with Crippen LogP contribution in [0.3, 0.4) is 0 Å². The molecule has 1 saturated heterocycles. The molecule has 4 N–H and O–H groups in total. The molecule has 0 aromatic heterocycles. The molecule has 3 aromatic carbocycles. The van der Waals surface area contributed by atoms with Gasteiger partial charge >= 0.3 is 0 Å². The molecule has 33 heavy (non-hydrogen) atoms. The summed E-state index contributed by atoms with van der Waals surface area (Å²) in [5, 5.41) is 17.1. The van der Waals surface area contributed by atoms with E-state index in [9.17, 15) is 13.5 Å². The Bertz CT molecular complexity index is 1200. The number of rotatable bonds is 8. The van der Waals surface area contributed by atoms with Crippen LogP contribution in [0, 0.1) is 0 Å². The molecule has 0 unspecified atom stereocenters. The lowest BCUT2D eigenvalue weighted by Gasteiger charge is -2.31. The van der Waals surface area contributed by atoms with Crippen molar-refractivity contribution in [3.05, 3.63) is 72.3 Å². The first-order chi connectivity index (χ1) is 16.0. The van der Waals surface area contributed by atoms with Crippen molar-refractivity contribution in [3.8, 4) is 11.5 Å². The van der Waals surface area contributed by atoms with Crippen LogP contribution in [0.25, 0.3) is 0 Å². The van der Waals surface area contributed by atoms with E-state index in [1.807, 2.05) is 24.3 Å². The van der Waals surface area contributed by atoms with Crippen LogP contribution in [0.4, 0.5) is 17.1 Å². The lowest BCUT2D eigenvalue weighted by Crippen LogP contribution is -2.43. The number of benzene rings is 3. The van der Waals surface area contributed by atoms with Crippen molar-refractivity contribution in [2.45, 2.75) is 11.4 Å². The number of phenolic OH excluding ortho intramolecular Hbond substituents is 1. The quantitative estimate of drug-likeness (QED) is 0.403. The number of nitrogens with one attached hydrogen (secondary N) is 3. The van der Waals surface area contributed by atoms with Gasteiger partial charge < -0.3 is 25.4 Å². The summed E-state index contributed by atoms with van der Waals surface area (Å²) in [6.07, 6.45) is 0. The highest BCUT2D eigenvalue weighted by Crippen LogP contribution is 2.33. The Morgan fingerprint density at radius 1 is 1.03 bits per heavy atom. The highest BCUT2D eigenvalue weighted by Gasteiger charge is 2.18. The molecule has 4 rings (SSSR count). The van der Waals surface area contributed by atoms with E-state index in [1.165, 1.54) is 7.11 Å². The summed E-state index contributed by atoms with van der Waals surface area (Å²) in [5.74, 6) is 0.519. The molecule has 1 fully saturated rings. The van der Waals surface area contributed by atoms with Gasteiger partial charge in [0.2, 0.25) is 0 Å². The van der Waals surface area contributed by atoms with Gasteiger partial charge in [0.25, 0.3) is 10.0 Å². The van der Waals surface area contributed by atoms with Gasteiger partial charge in [-0.2, -0.15) is 0 Å². The zero-order valence-electron chi connectivity index (χ0n) is 18.4. The third-order valence-corrected chi connectivity index (χ3v) is 6.93. The van der Waals surface area contributed by atoms with Crippen molar-refractivity contribution >= 4 is 27.1 Å². The molecular weight excluding hydrogens is 440 g/mol. The first kappa shape index (κ1) is 22.8. The molecule has 9 heteroatoms. The summed E-state index contributed by atoms with van der Waals surface area (Å²) in [7, 11) is -2.17. The average Bonchev–Trinajstić information content (AvgIpc) is 2.85. The Labute approximate surface area is 194 Å². The smallest absolute Gasteiger partial charge is 0.261 e. The molecule has 0 aliphatic carbocycles. The van der Waals surface area contributed by atoms with Crippen LogP contribution in [0.1, 0.15) is 5.56 Å². The maximum atomic E-state index is 12.8. The summed E-state index contributed by atoms with van der Waals surface area (Å²) in [6, 6.07) is 19.1. The van der Waals surface area contributed by atoms with E-state index in [2.05, 4.69) is 20.3 Å². The number of ether oxygens (including phenoxy) is 1. The van der Waals surface area contributed by atoms with Gasteiger partial charge in [0, 0.05) is 38.3 Å². The predicted octanol–water partition coefficient (Wildman–Crippen LogP) is 3.22. The van der Waals surface area contributed by atoms with E-state index in [0.29, 0.717) is 23.5 Å². The molecule has 1 heterocycles. The number of sulfonamides is 1. The van der Waals surface area contributed by atoms with E-state index in [0.717, 1.165) is 37.6 Å². The normalized spacial score (nSPS) is 14.0. The topological polar surface area (TPSA) is 103 Å². The number of hydrogen-bond donors (Lipinski definition) is 4. The van der Waals surface area contributed by atoms with Gasteiger partial charge in [-0.25, -0.2) is 8.42 Å². The van der Waals surface area contributed by atoms with Crippen molar-refractivity contribution < 1.29 is 18.3 Å². The molecule has 1 aliphatic rings. The Morgan fingerprint density at radius 2 is 1.79 bits per heavy atom. The lowest BCUT2D eigenvalue weighted by atomic mass is 10.1. The highest BCUT2D eigenvalue weighted by atomic mass is 32.2. The van der Waals surface area contributed by atoms with E-state index < -0.39 is 10.0 Å². The Morgan fingerprint density at radius 3 is 2.52 bits per heavy atom. The molecule has 0 radical (unpaired) electrons. The van der Waals surface area contributed by atoms with Crippen LogP contribution in [0.15, 0.2) is 71.6 Å². The number of aromatic hydroxyl groups is 1. The Kier molecular flexibility index (Phi) is 6.90. The molecule has 0 atom stereocenters. The number of methoxy groups -OCH3 is 1. The fraction of sp³-hybridized carbons (Fsp3) is 0.250. The van der Waals surface area contributed by atoms with Crippen molar-refractivity contribution in [1.29, 1.82) is 0 Å². The van der Waals surface area contributed by atoms with E-state index in [-0.39, 0.29) is 10.6 Å². The van der Waals surface area contributed by atoms with Gasteiger partial charge in [0.15, 0.2) is 11.5 Å². The van der Waals surface area contributed by atoms with Gasteiger partial charge in [-0.1, -0.05) is 30.3 Å². The summed E-state index contributed by atoms with van der Waals surface area (Å²) in [4.78, 5) is 2.43. The minimum atomic E-state index is -3.69. The van der Waals surface area contributed by atoms with Gasteiger partial charge in [0.1, 0.15) is 0 Å². The third-order valence-electron chi connectivity index (χ3n) is 5.53. The molecule has 0 spiro atoms. The standard InChI is InChI=1S/C24H28N4O4S/c1-32-23-9-5-6-18(24(23)29)17-26-21-11-10-19(16-22(21)28-14-12-25-13-15-28)27-33(30,31)20-7-3-2-4-8-20/h2-11,16,25-27,29H,12-15,17H2,1H3. The minimum absolute atomic E-state index is 0.100. The minimum Gasteiger partial charge on any atom is -0.504 e. The molecule has 1 aliphatic heterocycles. The van der Waals surface area contributed by atoms with E-state index >= 15 is 0 Å². The number of piperazine rings is 1. The monoisotopic (exact) mass is 468 g/mol. The van der Waals surface area contributed by atoms with Crippen molar-refractivity contribution in [2.24, 2.45) is 0 Å². The molecular formula is C24H28N4O4S. The van der Waals surface area contributed by atoms with E-state index in [1.54, 1.807) is 42.5 Å². The molecule has 0 saturated carbocycles. The summed E-state index contributed by atoms with van der Waals surface area (Å²) < 4.78 is 33.5. The number of para-hydroxylation sites is 1. The first-order valence-corrected chi connectivity index (χ1v) is 12.2. The average molecular weight is 469 g/mol. The number of hydrogen-bond acceptors (Lipinski definition) is 7. The van der Waals surface area contributed by atoms with Crippen molar-refractivity contribution in [3.63, 3.8) is 0 Å². The van der Waals surface area contributed by atoms with Gasteiger partial charge in [-0.15, -0.1) is 0 Å². The molecule has 0 bridgehead atoms. The van der Waals surface area contributed by atoms with Crippen LogP contribution < -0.4 is 25.0 Å². The van der Waals surface area contributed by atoms with Crippen LogP contribution in [0.2, 0.25) is 0 Å². The van der Waals surface area contributed by atoms with Crippen LogP contribution in [0.5, 0.6) is 11.5 Å². The van der Waals surface area contributed by atoms with Crippen LogP contribution >= 0.6 is 0 Å². The van der Waals surface area contributed by atoms with Crippen LogP contribution in [-0.4, -0.2) is 46.8 Å². The van der Waals surface area contributed by atoms with Crippen LogP contribution in [-0.2, 0) is 16.6 Å². The second kappa shape index (κ2) is 10.0. The van der Waals surface area contributed by atoms with Gasteiger partial charge in [-0.3, -0.25) is 4.72 Å².